The summed E-state index contributed by atoms with van der Waals surface area (Å²) in [5.41, 5.74) is 1.32. The normalized spacial score (nSPS) is 15.8. The highest BCUT2D eigenvalue weighted by molar-refractivity contribution is 9.10. The molecule has 1 aliphatic rings. The average Bonchev–Trinajstić information content (AvgIpc) is 3.30. The number of carbonyl (C=O) groups is 1. The quantitative estimate of drug-likeness (QED) is 0.381. The second kappa shape index (κ2) is 7.69. The van der Waals surface area contributed by atoms with Crippen LogP contribution in [0.25, 0.3) is 11.0 Å². The Morgan fingerprint density at radius 2 is 1.94 bits per heavy atom. The first-order chi connectivity index (χ1) is 14.9. The van der Waals surface area contributed by atoms with Crippen molar-refractivity contribution in [3.63, 3.8) is 0 Å². The van der Waals surface area contributed by atoms with E-state index in [2.05, 4.69) is 40.0 Å². The van der Waals surface area contributed by atoms with Gasteiger partial charge in [-0.1, -0.05) is 65.4 Å². The maximum atomic E-state index is 13.5. The number of hydrogen-bond donors (Lipinski definition) is 0. The summed E-state index contributed by atoms with van der Waals surface area (Å²) in [7, 11) is 0. The Balaban J connectivity index is 1.74. The van der Waals surface area contributed by atoms with E-state index in [-0.39, 0.29) is 17.1 Å². The summed E-state index contributed by atoms with van der Waals surface area (Å²) in [6.45, 7) is 4.22. The van der Waals surface area contributed by atoms with Gasteiger partial charge in [-0.25, -0.2) is 0 Å². The number of benzene rings is 2. The SMILES string of the molecule is CC(C)Cc1nnc(N2C(=O)c3oc4ccccc4c(=O)c3[C@H]2c2cccc(Br)c2)s1. The third-order valence-electron chi connectivity index (χ3n) is 5.19. The van der Waals surface area contributed by atoms with Crippen LogP contribution >= 0.6 is 27.3 Å². The van der Waals surface area contributed by atoms with Gasteiger partial charge in [0.05, 0.1) is 17.0 Å². The highest BCUT2D eigenvalue weighted by Crippen LogP contribution is 2.42. The highest BCUT2D eigenvalue weighted by atomic mass is 79.9. The molecule has 3 heterocycles. The van der Waals surface area contributed by atoms with Gasteiger partial charge in [-0.3, -0.25) is 14.5 Å². The fourth-order valence-corrected chi connectivity index (χ4v) is 5.38. The predicted molar refractivity (Wildman–Crippen MR) is 124 cm³/mol. The minimum absolute atomic E-state index is 0.0642. The van der Waals surface area contributed by atoms with E-state index in [0.717, 1.165) is 21.5 Å². The molecule has 0 fully saturated rings. The van der Waals surface area contributed by atoms with Crippen molar-refractivity contribution in [3.05, 3.63) is 85.1 Å². The van der Waals surface area contributed by atoms with Gasteiger partial charge in [0.25, 0.3) is 5.91 Å². The number of halogens is 1. The molecule has 0 aliphatic carbocycles. The lowest BCUT2D eigenvalue weighted by molar-refractivity contribution is 0.0970. The molecule has 0 saturated carbocycles. The van der Waals surface area contributed by atoms with Crippen LogP contribution in [0.15, 0.2) is 62.2 Å². The van der Waals surface area contributed by atoms with Gasteiger partial charge in [0.2, 0.25) is 10.9 Å². The number of nitrogens with zero attached hydrogens (tertiary/aromatic N) is 3. The minimum atomic E-state index is -0.638. The van der Waals surface area contributed by atoms with Gasteiger partial charge in [-0.2, -0.15) is 0 Å². The Kier molecular flexibility index (Phi) is 4.98. The van der Waals surface area contributed by atoms with E-state index in [9.17, 15) is 9.59 Å². The number of amides is 1. The number of carbonyl (C=O) groups excluding carboxylic acids is 1. The molecule has 1 atom stereocenters. The molecule has 1 amide bonds. The molecule has 6 nitrogen and oxygen atoms in total. The molecule has 8 heteroatoms. The molecular formula is C23H18BrN3O3S. The molecule has 0 spiro atoms. The summed E-state index contributed by atoms with van der Waals surface area (Å²) in [5.74, 6) is 0.103. The first-order valence-corrected chi connectivity index (χ1v) is 11.5. The molecular weight excluding hydrogens is 478 g/mol. The van der Waals surface area contributed by atoms with Crippen molar-refractivity contribution in [1.29, 1.82) is 0 Å². The maximum absolute atomic E-state index is 13.5. The molecule has 31 heavy (non-hydrogen) atoms. The molecule has 0 unspecified atom stereocenters. The Morgan fingerprint density at radius 3 is 2.71 bits per heavy atom. The zero-order valence-electron chi connectivity index (χ0n) is 16.8. The van der Waals surface area contributed by atoms with E-state index in [0.29, 0.717) is 27.6 Å². The number of fused-ring (bicyclic) bond motifs is 2. The van der Waals surface area contributed by atoms with Gasteiger partial charge in [-0.05, 0) is 35.7 Å². The summed E-state index contributed by atoms with van der Waals surface area (Å²) in [5, 5.41) is 10.3. The topological polar surface area (TPSA) is 76.3 Å². The zero-order chi connectivity index (χ0) is 21.7. The molecule has 2 aromatic carbocycles. The molecule has 4 aromatic rings. The van der Waals surface area contributed by atoms with E-state index >= 15 is 0 Å². The van der Waals surface area contributed by atoms with Crippen molar-refractivity contribution >= 4 is 49.3 Å². The first kappa shape index (κ1) is 20.1. The Bertz CT molecular complexity index is 1380. The summed E-state index contributed by atoms with van der Waals surface area (Å²) >= 11 is 4.87. The van der Waals surface area contributed by atoms with Crippen LogP contribution in [0, 0.1) is 5.92 Å². The number of anilines is 1. The highest BCUT2D eigenvalue weighted by Gasteiger charge is 2.45. The van der Waals surface area contributed by atoms with Crippen LogP contribution in [0.5, 0.6) is 0 Å². The lowest BCUT2D eigenvalue weighted by Crippen LogP contribution is -2.29. The molecule has 5 rings (SSSR count). The van der Waals surface area contributed by atoms with Crippen molar-refractivity contribution in [3.8, 4) is 0 Å². The molecule has 0 N–H and O–H groups in total. The van der Waals surface area contributed by atoms with Gasteiger partial charge < -0.3 is 4.42 Å². The molecule has 0 bridgehead atoms. The number of hydrogen-bond acceptors (Lipinski definition) is 6. The fraction of sp³-hybridized carbons (Fsp3) is 0.217. The van der Waals surface area contributed by atoms with Crippen LogP contribution in [0.2, 0.25) is 0 Å². The largest absolute Gasteiger partial charge is 0.450 e. The Morgan fingerprint density at radius 1 is 1.13 bits per heavy atom. The van der Waals surface area contributed by atoms with Crippen molar-refractivity contribution in [2.75, 3.05) is 4.90 Å². The maximum Gasteiger partial charge on any atom is 0.297 e. The van der Waals surface area contributed by atoms with Crippen molar-refractivity contribution < 1.29 is 9.21 Å². The third-order valence-corrected chi connectivity index (χ3v) is 6.63. The summed E-state index contributed by atoms with van der Waals surface area (Å²) in [6, 6.07) is 13.9. The lowest BCUT2D eigenvalue weighted by Gasteiger charge is -2.22. The van der Waals surface area contributed by atoms with E-state index in [4.69, 9.17) is 4.42 Å². The Labute approximate surface area is 190 Å². The second-order valence-electron chi connectivity index (χ2n) is 7.88. The molecule has 156 valence electrons. The van der Waals surface area contributed by atoms with Crippen LogP contribution in [-0.4, -0.2) is 16.1 Å². The minimum Gasteiger partial charge on any atom is -0.450 e. The van der Waals surface area contributed by atoms with Crippen molar-refractivity contribution in [2.45, 2.75) is 26.3 Å². The van der Waals surface area contributed by atoms with E-state index in [1.165, 1.54) is 16.2 Å². The molecule has 2 aromatic heterocycles. The predicted octanol–water partition coefficient (Wildman–Crippen LogP) is 5.36. The molecule has 1 aliphatic heterocycles. The average molecular weight is 496 g/mol. The fourth-order valence-electron chi connectivity index (χ4n) is 3.88. The number of para-hydroxylation sites is 1. The number of rotatable bonds is 4. The number of aromatic nitrogens is 2. The van der Waals surface area contributed by atoms with E-state index in [1.807, 2.05) is 24.3 Å². The van der Waals surface area contributed by atoms with Gasteiger partial charge in [-0.15, -0.1) is 10.2 Å². The molecule has 0 saturated heterocycles. The van der Waals surface area contributed by atoms with Gasteiger partial charge in [0, 0.05) is 10.9 Å². The third kappa shape index (κ3) is 3.40. The van der Waals surface area contributed by atoms with Gasteiger partial charge in [0.15, 0.2) is 5.43 Å². The van der Waals surface area contributed by atoms with E-state index < -0.39 is 6.04 Å². The van der Waals surface area contributed by atoms with E-state index in [1.54, 1.807) is 24.3 Å². The second-order valence-corrected chi connectivity index (χ2v) is 9.84. The monoisotopic (exact) mass is 495 g/mol. The van der Waals surface area contributed by atoms with Crippen LogP contribution in [0.3, 0.4) is 0 Å². The lowest BCUT2D eigenvalue weighted by atomic mass is 9.99. The summed E-state index contributed by atoms with van der Waals surface area (Å²) in [6.07, 6.45) is 0.773. The summed E-state index contributed by atoms with van der Waals surface area (Å²) < 4.78 is 6.81. The van der Waals surface area contributed by atoms with Gasteiger partial charge >= 0.3 is 0 Å². The van der Waals surface area contributed by atoms with Crippen LogP contribution in [-0.2, 0) is 6.42 Å². The van der Waals surface area contributed by atoms with Crippen LogP contribution < -0.4 is 10.3 Å². The van der Waals surface area contributed by atoms with Crippen LogP contribution in [0.4, 0.5) is 5.13 Å². The van der Waals surface area contributed by atoms with Crippen LogP contribution in [0.1, 0.15) is 46.6 Å². The van der Waals surface area contributed by atoms with Crippen molar-refractivity contribution in [1.82, 2.24) is 10.2 Å². The van der Waals surface area contributed by atoms with Gasteiger partial charge in [0.1, 0.15) is 10.6 Å². The Hall–Kier alpha value is -2.84. The summed E-state index contributed by atoms with van der Waals surface area (Å²) in [4.78, 5) is 28.5. The first-order valence-electron chi connectivity index (χ1n) is 9.91. The molecule has 0 radical (unpaired) electrons. The smallest absolute Gasteiger partial charge is 0.297 e. The standard InChI is InChI=1S/C23H18BrN3O3S/c1-12(2)10-17-25-26-23(31-17)27-19(13-6-5-7-14(24)11-13)18-20(28)15-8-3-4-9-16(15)30-21(18)22(27)29/h3-9,11-12,19H,10H2,1-2H3/t19-/m1/s1. The zero-order valence-corrected chi connectivity index (χ0v) is 19.2. The van der Waals surface area contributed by atoms with Crippen molar-refractivity contribution in [2.24, 2.45) is 5.92 Å².